The molecule has 5 heteroatoms. The van der Waals surface area contributed by atoms with Gasteiger partial charge in [0, 0.05) is 11.6 Å². The van der Waals surface area contributed by atoms with Gasteiger partial charge in [0.05, 0.1) is 11.9 Å². The van der Waals surface area contributed by atoms with Crippen LogP contribution in [0.5, 0.6) is 0 Å². The molecule has 1 N–H and O–H groups in total. The number of hydrogen-bond acceptors (Lipinski definition) is 3. The van der Waals surface area contributed by atoms with Gasteiger partial charge in [0.25, 0.3) is 0 Å². The zero-order valence-electron chi connectivity index (χ0n) is 10.2. The summed E-state index contributed by atoms with van der Waals surface area (Å²) in [5.74, 6) is -1.04. The molecule has 5 nitrogen and oxygen atoms in total. The zero-order chi connectivity index (χ0) is 13.4. The third kappa shape index (κ3) is 1.95. The van der Waals surface area contributed by atoms with Crippen molar-refractivity contribution in [2.45, 2.75) is 6.92 Å². The summed E-state index contributed by atoms with van der Waals surface area (Å²) in [6, 6.07) is 11.1. The average molecular weight is 253 g/mol. The number of rotatable bonds is 2. The summed E-state index contributed by atoms with van der Waals surface area (Å²) in [4.78, 5) is 15.2. The Morgan fingerprint density at radius 3 is 2.84 bits per heavy atom. The number of nitrogens with zero attached hydrogens (tertiary/aromatic N) is 3. The van der Waals surface area contributed by atoms with Gasteiger partial charge in [0.15, 0.2) is 11.3 Å². The molecule has 0 unspecified atom stereocenters. The van der Waals surface area contributed by atoms with Crippen molar-refractivity contribution >= 4 is 11.6 Å². The summed E-state index contributed by atoms with van der Waals surface area (Å²) in [7, 11) is 0. The maximum Gasteiger partial charge on any atom is 0.354 e. The van der Waals surface area contributed by atoms with Crippen molar-refractivity contribution in [3.8, 4) is 11.3 Å². The number of carboxylic acids is 1. The zero-order valence-corrected chi connectivity index (χ0v) is 10.2. The molecule has 0 bridgehead atoms. The fourth-order valence-electron chi connectivity index (χ4n) is 2.03. The molecule has 0 aliphatic rings. The first kappa shape index (κ1) is 11.4. The number of hydrogen-bond donors (Lipinski definition) is 1. The van der Waals surface area contributed by atoms with E-state index in [0.717, 1.165) is 16.8 Å². The average Bonchev–Trinajstić information content (AvgIpc) is 2.85. The summed E-state index contributed by atoms with van der Waals surface area (Å²) >= 11 is 0. The van der Waals surface area contributed by atoms with Crippen LogP contribution in [0, 0.1) is 6.92 Å². The first-order chi connectivity index (χ1) is 9.15. The number of aryl methyl sites for hydroxylation is 1. The predicted octanol–water partition coefficient (Wildman–Crippen LogP) is 2.40. The van der Waals surface area contributed by atoms with Crippen LogP contribution in [0.15, 0.2) is 42.6 Å². The standard InChI is InChI=1S/C14H11N3O2/c1-9-3-2-4-10(7-9)12-8-11(14(18)19)16-13-5-6-15-17(12)13/h2-8H,1H3,(H,18,19). The highest BCUT2D eigenvalue weighted by atomic mass is 16.4. The minimum atomic E-state index is -1.04. The largest absolute Gasteiger partial charge is 0.477 e. The van der Waals surface area contributed by atoms with E-state index in [1.807, 2.05) is 31.2 Å². The van der Waals surface area contributed by atoms with Gasteiger partial charge in [0.1, 0.15) is 0 Å². The highest BCUT2D eigenvalue weighted by molar-refractivity contribution is 5.87. The van der Waals surface area contributed by atoms with E-state index in [1.54, 1.807) is 16.8 Å². The van der Waals surface area contributed by atoms with Crippen molar-refractivity contribution in [2.24, 2.45) is 0 Å². The molecule has 3 rings (SSSR count). The van der Waals surface area contributed by atoms with Crippen molar-refractivity contribution in [3.05, 3.63) is 53.9 Å². The van der Waals surface area contributed by atoms with Gasteiger partial charge in [-0.05, 0) is 19.1 Å². The molecule has 0 saturated carbocycles. The van der Waals surface area contributed by atoms with Crippen LogP contribution in [0.25, 0.3) is 16.9 Å². The van der Waals surface area contributed by atoms with E-state index in [1.165, 1.54) is 6.07 Å². The SMILES string of the molecule is Cc1cccc(-c2cc(C(=O)O)nc3ccnn23)c1. The van der Waals surface area contributed by atoms with E-state index in [2.05, 4.69) is 10.1 Å². The van der Waals surface area contributed by atoms with E-state index in [9.17, 15) is 4.79 Å². The molecule has 19 heavy (non-hydrogen) atoms. The van der Waals surface area contributed by atoms with Gasteiger partial charge in [-0.15, -0.1) is 0 Å². The van der Waals surface area contributed by atoms with Gasteiger partial charge in [-0.1, -0.05) is 23.8 Å². The van der Waals surface area contributed by atoms with Crippen LogP contribution < -0.4 is 0 Å². The molecule has 2 heterocycles. The van der Waals surface area contributed by atoms with Crippen LogP contribution >= 0.6 is 0 Å². The number of aromatic carboxylic acids is 1. The number of benzene rings is 1. The summed E-state index contributed by atoms with van der Waals surface area (Å²) in [6.07, 6.45) is 1.60. The molecule has 0 fully saturated rings. The van der Waals surface area contributed by atoms with Crippen LogP contribution in [0.3, 0.4) is 0 Å². The lowest BCUT2D eigenvalue weighted by atomic mass is 10.1. The summed E-state index contributed by atoms with van der Waals surface area (Å²) in [6.45, 7) is 1.99. The van der Waals surface area contributed by atoms with E-state index in [0.29, 0.717) is 5.65 Å². The highest BCUT2D eigenvalue weighted by Gasteiger charge is 2.12. The lowest BCUT2D eigenvalue weighted by molar-refractivity contribution is 0.0690. The molecular formula is C14H11N3O2. The lowest BCUT2D eigenvalue weighted by Gasteiger charge is -2.07. The van der Waals surface area contributed by atoms with Crippen LogP contribution in [-0.4, -0.2) is 25.7 Å². The summed E-state index contributed by atoms with van der Waals surface area (Å²) in [5, 5.41) is 13.3. The topological polar surface area (TPSA) is 67.5 Å². The fraction of sp³-hybridized carbons (Fsp3) is 0.0714. The molecule has 0 radical (unpaired) electrons. The summed E-state index contributed by atoms with van der Waals surface area (Å²) < 4.78 is 1.64. The number of carboxylic acid groups (broad SMARTS) is 1. The Balaban J connectivity index is 2.32. The van der Waals surface area contributed by atoms with Crippen molar-refractivity contribution < 1.29 is 9.90 Å². The highest BCUT2D eigenvalue weighted by Crippen LogP contribution is 2.21. The second-order valence-electron chi connectivity index (χ2n) is 4.30. The smallest absolute Gasteiger partial charge is 0.354 e. The van der Waals surface area contributed by atoms with E-state index in [-0.39, 0.29) is 5.69 Å². The molecule has 3 aromatic rings. The Morgan fingerprint density at radius 1 is 1.26 bits per heavy atom. The minimum Gasteiger partial charge on any atom is -0.477 e. The molecule has 2 aromatic heterocycles. The van der Waals surface area contributed by atoms with Crippen LogP contribution in [0.2, 0.25) is 0 Å². The van der Waals surface area contributed by atoms with E-state index in [4.69, 9.17) is 5.11 Å². The molecule has 0 aliphatic heterocycles. The Kier molecular flexibility index (Phi) is 2.52. The second-order valence-corrected chi connectivity index (χ2v) is 4.30. The van der Waals surface area contributed by atoms with Crippen molar-refractivity contribution in [1.29, 1.82) is 0 Å². The Morgan fingerprint density at radius 2 is 2.11 bits per heavy atom. The van der Waals surface area contributed by atoms with Gasteiger partial charge in [0.2, 0.25) is 0 Å². The van der Waals surface area contributed by atoms with Gasteiger partial charge in [-0.25, -0.2) is 14.3 Å². The first-order valence-corrected chi connectivity index (χ1v) is 5.80. The van der Waals surface area contributed by atoms with Crippen LogP contribution in [0.1, 0.15) is 16.1 Å². The van der Waals surface area contributed by atoms with E-state index < -0.39 is 5.97 Å². The third-order valence-corrected chi connectivity index (χ3v) is 2.89. The first-order valence-electron chi connectivity index (χ1n) is 5.80. The molecule has 94 valence electrons. The predicted molar refractivity (Wildman–Crippen MR) is 70.1 cm³/mol. The summed E-state index contributed by atoms with van der Waals surface area (Å²) in [5.41, 5.74) is 3.28. The van der Waals surface area contributed by atoms with Gasteiger partial charge in [-0.2, -0.15) is 5.10 Å². The fourth-order valence-corrected chi connectivity index (χ4v) is 2.03. The van der Waals surface area contributed by atoms with Gasteiger partial charge < -0.3 is 5.11 Å². The Bertz CT molecular complexity index is 777. The van der Waals surface area contributed by atoms with Crippen molar-refractivity contribution in [1.82, 2.24) is 14.6 Å². The Labute approximate surface area is 109 Å². The quantitative estimate of drug-likeness (QED) is 0.761. The van der Waals surface area contributed by atoms with Crippen LogP contribution in [0.4, 0.5) is 0 Å². The monoisotopic (exact) mass is 253 g/mol. The molecule has 1 aromatic carbocycles. The maximum atomic E-state index is 11.1. The normalized spacial score (nSPS) is 10.8. The molecule has 0 saturated heterocycles. The molecule has 0 spiro atoms. The number of carbonyl (C=O) groups is 1. The molecule has 0 amide bonds. The van der Waals surface area contributed by atoms with E-state index >= 15 is 0 Å². The van der Waals surface area contributed by atoms with Crippen molar-refractivity contribution in [3.63, 3.8) is 0 Å². The molecular weight excluding hydrogens is 242 g/mol. The molecule has 0 aliphatic carbocycles. The number of aromatic nitrogens is 3. The van der Waals surface area contributed by atoms with Crippen LogP contribution in [-0.2, 0) is 0 Å². The second kappa shape index (κ2) is 4.20. The third-order valence-electron chi connectivity index (χ3n) is 2.89. The van der Waals surface area contributed by atoms with Gasteiger partial charge in [-0.3, -0.25) is 0 Å². The Hall–Kier alpha value is -2.69. The lowest BCUT2D eigenvalue weighted by Crippen LogP contribution is -2.05. The van der Waals surface area contributed by atoms with Crippen molar-refractivity contribution in [2.75, 3.05) is 0 Å². The van der Waals surface area contributed by atoms with Gasteiger partial charge >= 0.3 is 5.97 Å². The minimum absolute atomic E-state index is 0.0181. The molecule has 0 atom stereocenters. The number of fused-ring (bicyclic) bond motifs is 1. The maximum absolute atomic E-state index is 11.1.